The molecule has 1 saturated heterocycles. The standard InChI is InChI=1S/C14H16N2O4S/c1-8-3-2-4-9(5-8)16-12(17)6-11(13(16)18)21-7-10(15)14(19)20/h2-5,10-11H,6-7,15H2,1H3,(H,19,20)/t10-,11+/m0/s1. The zero-order valence-electron chi connectivity index (χ0n) is 11.5. The zero-order chi connectivity index (χ0) is 15.6. The van der Waals surface area contributed by atoms with Gasteiger partial charge in [-0.2, -0.15) is 0 Å². The summed E-state index contributed by atoms with van der Waals surface area (Å²) in [6.07, 6.45) is 0.0732. The first kappa shape index (κ1) is 15.5. The van der Waals surface area contributed by atoms with Crippen molar-refractivity contribution in [3.8, 4) is 0 Å². The van der Waals surface area contributed by atoms with Crippen LogP contribution in [0, 0.1) is 6.92 Å². The Balaban J connectivity index is 2.08. The monoisotopic (exact) mass is 308 g/mol. The number of hydrogen-bond acceptors (Lipinski definition) is 5. The van der Waals surface area contributed by atoms with E-state index in [2.05, 4.69) is 0 Å². The lowest BCUT2D eigenvalue weighted by molar-refractivity contribution is -0.138. The molecule has 0 spiro atoms. The van der Waals surface area contributed by atoms with Gasteiger partial charge in [-0.15, -0.1) is 11.8 Å². The number of nitrogens with two attached hydrogens (primary N) is 1. The molecule has 0 unspecified atom stereocenters. The molecule has 2 amide bonds. The molecule has 0 saturated carbocycles. The first-order chi connectivity index (χ1) is 9.90. The number of rotatable bonds is 5. The minimum Gasteiger partial charge on any atom is -0.480 e. The highest BCUT2D eigenvalue weighted by Crippen LogP contribution is 2.30. The lowest BCUT2D eigenvalue weighted by Gasteiger charge is -2.15. The summed E-state index contributed by atoms with van der Waals surface area (Å²) in [5.41, 5.74) is 6.92. The van der Waals surface area contributed by atoms with Crippen LogP contribution >= 0.6 is 11.8 Å². The second kappa shape index (κ2) is 6.28. The third kappa shape index (κ3) is 3.43. The van der Waals surface area contributed by atoms with Crippen LogP contribution in [0.15, 0.2) is 24.3 Å². The van der Waals surface area contributed by atoms with Crippen molar-refractivity contribution in [2.24, 2.45) is 5.73 Å². The van der Waals surface area contributed by atoms with E-state index >= 15 is 0 Å². The number of nitrogens with zero attached hydrogens (tertiary/aromatic N) is 1. The second-order valence-corrected chi connectivity index (χ2v) is 6.11. The number of aryl methyl sites for hydroxylation is 1. The van der Waals surface area contributed by atoms with E-state index in [1.54, 1.807) is 18.2 Å². The van der Waals surface area contributed by atoms with Gasteiger partial charge in [0.2, 0.25) is 11.8 Å². The maximum absolute atomic E-state index is 12.3. The molecule has 1 aromatic rings. The first-order valence-corrected chi connectivity index (χ1v) is 7.48. The van der Waals surface area contributed by atoms with Gasteiger partial charge in [0.25, 0.3) is 0 Å². The molecule has 1 aromatic carbocycles. The molecular weight excluding hydrogens is 292 g/mol. The number of aliphatic carboxylic acids is 1. The molecule has 7 heteroatoms. The predicted octanol–water partition coefficient (Wildman–Crippen LogP) is 0.772. The molecule has 0 radical (unpaired) electrons. The topological polar surface area (TPSA) is 101 Å². The van der Waals surface area contributed by atoms with Gasteiger partial charge in [0.1, 0.15) is 6.04 Å². The van der Waals surface area contributed by atoms with Crippen LogP contribution < -0.4 is 10.6 Å². The summed E-state index contributed by atoms with van der Waals surface area (Å²) in [4.78, 5) is 36.2. The Bertz CT molecular complexity index is 590. The van der Waals surface area contributed by atoms with Gasteiger partial charge in [-0.05, 0) is 24.6 Å². The number of imide groups is 1. The number of benzene rings is 1. The normalized spacial score (nSPS) is 19.9. The fourth-order valence-corrected chi connectivity index (χ4v) is 3.15. The quantitative estimate of drug-likeness (QED) is 0.779. The van der Waals surface area contributed by atoms with Crippen molar-refractivity contribution in [1.82, 2.24) is 0 Å². The maximum Gasteiger partial charge on any atom is 0.321 e. The van der Waals surface area contributed by atoms with E-state index in [0.717, 1.165) is 22.2 Å². The first-order valence-electron chi connectivity index (χ1n) is 6.43. The number of thioether (sulfide) groups is 1. The fourth-order valence-electron chi connectivity index (χ4n) is 2.06. The minimum absolute atomic E-state index is 0.0732. The van der Waals surface area contributed by atoms with Gasteiger partial charge in [-0.25, -0.2) is 4.90 Å². The number of carbonyl (C=O) groups excluding carboxylic acids is 2. The van der Waals surface area contributed by atoms with E-state index in [4.69, 9.17) is 10.8 Å². The van der Waals surface area contributed by atoms with Crippen LogP contribution in [0.25, 0.3) is 0 Å². The van der Waals surface area contributed by atoms with Crippen molar-refractivity contribution in [2.45, 2.75) is 24.6 Å². The van der Waals surface area contributed by atoms with Crippen molar-refractivity contribution in [1.29, 1.82) is 0 Å². The van der Waals surface area contributed by atoms with Gasteiger partial charge in [0.15, 0.2) is 0 Å². The smallest absolute Gasteiger partial charge is 0.321 e. The van der Waals surface area contributed by atoms with Crippen LogP contribution in [0.5, 0.6) is 0 Å². The van der Waals surface area contributed by atoms with Gasteiger partial charge >= 0.3 is 5.97 Å². The summed E-state index contributed by atoms with van der Waals surface area (Å²) in [7, 11) is 0. The van der Waals surface area contributed by atoms with Crippen molar-refractivity contribution in [2.75, 3.05) is 10.7 Å². The van der Waals surface area contributed by atoms with Crippen LogP contribution in [-0.4, -0.2) is 39.9 Å². The second-order valence-electron chi connectivity index (χ2n) is 4.88. The molecule has 1 fully saturated rings. The van der Waals surface area contributed by atoms with E-state index in [9.17, 15) is 14.4 Å². The highest BCUT2D eigenvalue weighted by Gasteiger charge is 2.40. The average molecular weight is 308 g/mol. The molecule has 2 atom stereocenters. The van der Waals surface area contributed by atoms with Gasteiger partial charge in [-0.1, -0.05) is 12.1 Å². The number of hydrogen-bond donors (Lipinski definition) is 2. The van der Waals surface area contributed by atoms with E-state index in [1.807, 2.05) is 13.0 Å². The van der Waals surface area contributed by atoms with E-state index in [0.29, 0.717) is 5.69 Å². The lowest BCUT2D eigenvalue weighted by Crippen LogP contribution is -2.35. The van der Waals surface area contributed by atoms with Gasteiger partial charge < -0.3 is 10.8 Å². The third-order valence-corrected chi connectivity index (χ3v) is 4.48. The lowest BCUT2D eigenvalue weighted by atomic mass is 10.2. The highest BCUT2D eigenvalue weighted by molar-refractivity contribution is 8.00. The Kier molecular flexibility index (Phi) is 4.64. The van der Waals surface area contributed by atoms with Crippen molar-refractivity contribution in [3.05, 3.63) is 29.8 Å². The van der Waals surface area contributed by atoms with Crippen LogP contribution in [0.2, 0.25) is 0 Å². The SMILES string of the molecule is Cc1cccc(N2C(=O)C[C@@H](SC[C@H](N)C(=O)O)C2=O)c1. The van der Waals surface area contributed by atoms with E-state index in [-0.39, 0.29) is 24.0 Å². The number of carboxylic acid groups (broad SMARTS) is 1. The molecule has 1 aliphatic heterocycles. The summed E-state index contributed by atoms with van der Waals surface area (Å²) in [6, 6.07) is 6.11. The molecule has 0 bridgehead atoms. The van der Waals surface area contributed by atoms with E-state index < -0.39 is 17.3 Å². The Morgan fingerprint density at radius 1 is 1.52 bits per heavy atom. The summed E-state index contributed by atoms with van der Waals surface area (Å²) in [6.45, 7) is 1.88. The Morgan fingerprint density at radius 2 is 2.24 bits per heavy atom. The molecule has 1 aliphatic rings. The highest BCUT2D eigenvalue weighted by atomic mass is 32.2. The number of carbonyl (C=O) groups is 3. The molecule has 3 N–H and O–H groups in total. The molecule has 1 heterocycles. The minimum atomic E-state index is -1.12. The van der Waals surface area contributed by atoms with Crippen LogP contribution in [0.1, 0.15) is 12.0 Å². The Hall–Kier alpha value is -1.86. The largest absolute Gasteiger partial charge is 0.480 e. The fraction of sp³-hybridized carbons (Fsp3) is 0.357. The summed E-state index contributed by atoms with van der Waals surface area (Å²) in [5, 5.41) is 8.17. The summed E-state index contributed by atoms with van der Waals surface area (Å²) in [5.74, 6) is -1.60. The number of carboxylic acids is 1. The molecule has 0 aliphatic carbocycles. The van der Waals surface area contributed by atoms with E-state index in [1.165, 1.54) is 0 Å². The Labute approximate surface area is 126 Å². The van der Waals surface area contributed by atoms with Crippen LogP contribution in [0.3, 0.4) is 0 Å². The number of amides is 2. The molecule has 21 heavy (non-hydrogen) atoms. The van der Waals surface area contributed by atoms with Crippen molar-refractivity contribution in [3.63, 3.8) is 0 Å². The van der Waals surface area contributed by atoms with Crippen molar-refractivity contribution >= 4 is 35.2 Å². The van der Waals surface area contributed by atoms with Crippen molar-refractivity contribution < 1.29 is 19.5 Å². The molecule has 0 aromatic heterocycles. The van der Waals surface area contributed by atoms with Crippen LogP contribution in [0.4, 0.5) is 5.69 Å². The molecular formula is C14H16N2O4S. The molecule has 112 valence electrons. The number of anilines is 1. The Morgan fingerprint density at radius 3 is 2.86 bits per heavy atom. The molecule has 6 nitrogen and oxygen atoms in total. The van der Waals surface area contributed by atoms with Gasteiger partial charge in [0.05, 0.1) is 10.9 Å². The van der Waals surface area contributed by atoms with Gasteiger partial charge in [-0.3, -0.25) is 14.4 Å². The summed E-state index contributed by atoms with van der Waals surface area (Å²) < 4.78 is 0. The third-order valence-electron chi connectivity index (χ3n) is 3.16. The van der Waals surface area contributed by atoms with Crippen LogP contribution in [-0.2, 0) is 14.4 Å². The van der Waals surface area contributed by atoms with Gasteiger partial charge in [0, 0.05) is 12.2 Å². The summed E-state index contributed by atoms with van der Waals surface area (Å²) >= 11 is 1.12. The maximum atomic E-state index is 12.3. The average Bonchev–Trinajstić information content (AvgIpc) is 2.70. The molecule has 2 rings (SSSR count). The predicted molar refractivity (Wildman–Crippen MR) is 80.1 cm³/mol. The zero-order valence-corrected chi connectivity index (χ0v) is 12.3.